The predicted octanol–water partition coefficient (Wildman–Crippen LogP) is 3.17. The van der Waals surface area contributed by atoms with E-state index in [2.05, 4.69) is 0 Å². The standard InChI is InChI=1S/C19H20N4O2/c20-13-6-8-17(15(22)10-13)24-19(12-4-2-1-3-5-12)25-18-9-7-14(21)11-16(18)23/h1-11,19H,20-23H2. The molecule has 0 aliphatic carbocycles. The largest absolute Gasteiger partial charge is 0.448 e. The van der Waals surface area contributed by atoms with Crippen LogP contribution in [0.3, 0.4) is 0 Å². The number of benzene rings is 3. The third-order valence-corrected chi connectivity index (χ3v) is 3.61. The highest BCUT2D eigenvalue weighted by Crippen LogP contribution is 2.33. The maximum Gasteiger partial charge on any atom is 0.267 e. The van der Waals surface area contributed by atoms with Crippen LogP contribution in [0.1, 0.15) is 11.9 Å². The summed E-state index contributed by atoms with van der Waals surface area (Å²) in [5, 5.41) is 0. The van der Waals surface area contributed by atoms with Crippen molar-refractivity contribution in [3.63, 3.8) is 0 Å². The lowest BCUT2D eigenvalue weighted by atomic mass is 10.2. The molecule has 0 aromatic heterocycles. The quantitative estimate of drug-likeness (QED) is 0.419. The third kappa shape index (κ3) is 3.87. The van der Waals surface area contributed by atoms with Gasteiger partial charge in [-0.25, -0.2) is 0 Å². The molecular weight excluding hydrogens is 316 g/mol. The van der Waals surface area contributed by atoms with Crippen LogP contribution in [0.25, 0.3) is 0 Å². The average Bonchev–Trinajstić information content (AvgIpc) is 2.59. The Bertz CT molecular complexity index is 815. The second kappa shape index (κ2) is 6.92. The topological polar surface area (TPSA) is 123 Å². The number of ether oxygens (including phenoxy) is 2. The molecule has 0 unspecified atom stereocenters. The molecule has 128 valence electrons. The van der Waals surface area contributed by atoms with Crippen LogP contribution in [0.4, 0.5) is 22.7 Å². The summed E-state index contributed by atoms with van der Waals surface area (Å²) in [6.45, 7) is 0. The fraction of sp³-hybridized carbons (Fsp3) is 0.0526. The summed E-state index contributed by atoms with van der Waals surface area (Å²) in [5.41, 5.74) is 26.2. The number of nitrogen functional groups attached to an aromatic ring is 4. The van der Waals surface area contributed by atoms with E-state index < -0.39 is 6.29 Å². The van der Waals surface area contributed by atoms with Crippen molar-refractivity contribution in [1.29, 1.82) is 0 Å². The fourth-order valence-corrected chi connectivity index (χ4v) is 2.35. The Kier molecular flexibility index (Phi) is 4.52. The van der Waals surface area contributed by atoms with E-state index in [0.29, 0.717) is 34.2 Å². The summed E-state index contributed by atoms with van der Waals surface area (Å²) in [7, 11) is 0. The van der Waals surface area contributed by atoms with Crippen molar-refractivity contribution in [3.8, 4) is 11.5 Å². The number of anilines is 4. The van der Waals surface area contributed by atoms with Crippen LogP contribution in [0.2, 0.25) is 0 Å². The van der Waals surface area contributed by atoms with E-state index in [1.165, 1.54) is 0 Å². The molecule has 3 aromatic rings. The van der Waals surface area contributed by atoms with Crippen molar-refractivity contribution in [2.75, 3.05) is 22.9 Å². The Morgan fingerprint density at radius 2 is 1.08 bits per heavy atom. The molecule has 0 bridgehead atoms. The average molecular weight is 336 g/mol. The van der Waals surface area contributed by atoms with Crippen LogP contribution in [-0.2, 0) is 0 Å². The Balaban J connectivity index is 1.92. The van der Waals surface area contributed by atoms with Gasteiger partial charge in [0, 0.05) is 16.9 Å². The lowest BCUT2D eigenvalue weighted by Gasteiger charge is -2.22. The summed E-state index contributed by atoms with van der Waals surface area (Å²) in [6.07, 6.45) is -0.738. The van der Waals surface area contributed by atoms with Crippen LogP contribution in [-0.4, -0.2) is 0 Å². The monoisotopic (exact) mass is 336 g/mol. The second-order valence-corrected chi connectivity index (χ2v) is 5.57. The molecule has 0 saturated carbocycles. The van der Waals surface area contributed by atoms with Gasteiger partial charge in [-0.3, -0.25) is 0 Å². The first-order valence-corrected chi connectivity index (χ1v) is 7.71. The summed E-state index contributed by atoms with van der Waals surface area (Å²) in [4.78, 5) is 0. The third-order valence-electron chi connectivity index (χ3n) is 3.61. The van der Waals surface area contributed by atoms with Gasteiger partial charge in [0.2, 0.25) is 0 Å². The lowest BCUT2D eigenvalue weighted by Crippen LogP contribution is -2.16. The van der Waals surface area contributed by atoms with E-state index in [4.69, 9.17) is 32.4 Å². The molecule has 0 heterocycles. The molecule has 0 atom stereocenters. The van der Waals surface area contributed by atoms with E-state index >= 15 is 0 Å². The Hall–Kier alpha value is -3.54. The van der Waals surface area contributed by atoms with Crippen molar-refractivity contribution in [1.82, 2.24) is 0 Å². The fourth-order valence-electron chi connectivity index (χ4n) is 2.35. The van der Waals surface area contributed by atoms with Gasteiger partial charge in [0.05, 0.1) is 11.4 Å². The molecule has 3 rings (SSSR count). The van der Waals surface area contributed by atoms with E-state index in [0.717, 1.165) is 5.56 Å². The van der Waals surface area contributed by atoms with Gasteiger partial charge < -0.3 is 32.4 Å². The predicted molar refractivity (Wildman–Crippen MR) is 101 cm³/mol. The zero-order valence-corrected chi connectivity index (χ0v) is 13.6. The Morgan fingerprint density at radius 3 is 1.52 bits per heavy atom. The van der Waals surface area contributed by atoms with Gasteiger partial charge in [-0.05, 0) is 36.4 Å². The minimum absolute atomic E-state index is 0.426. The normalized spacial score (nSPS) is 10.6. The van der Waals surface area contributed by atoms with E-state index in [-0.39, 0.29) is 0 Å². The molecular formula is C19H20N4O2. The zero-order valence-electron chi connectivity index (χ0n) is 13.6. The van der Waals surface area contributed by atoms with Crippen molar-refractivity contribution < 1.29 is 9.47 Å². The van der Waals surface area contributed by atoms with E-state index in [9.17, 15) is 0 Å². The van der Waals surface area contributed by atoms with Crippen LogP contribution in [0.15, 0.2) is 66.7 Å². The maximum absolute atomic E-state index is 5.99. The van der Waals surface area contributed by atoms with Gasteiger partial charge in [0.15, 0.2) is 0 Å². The first kappa shape index (κ1) is 16.3. The molecule has 3 aromatic carbocycles. The van der Waals surface area contributed by atoms with Crippen LogP contribution >= 0.6 is 0 Å². The highest BCUT2D eigenvalue weighted by Gasteiger charge is 2.18. The first-order valence-electron chi connectivity index (χ1n) is 7.71. The summed E-state index contributed by atoms with van der Waals surface area (Å²) >= 11 is 0. The number of rotatable bonds is 5. The van der Waals surface area contributed by atoms with Crippen LogP contribution < -0.4 is 32.4 Å². The smallest absolute Gasteiger partial charge is 0.267 e. The highest BCUT2D eigenvalue weighted by atomic mass is 16.7. The van der Waals surface area contributed by atoms with Gasteiger partial charge >= 0.3 is 0 Å². The van der Waals surface area contributed by atoms with Gasteiger partial charge in [-0.15, -0.1) is 0 Å². The molecule has 0 aliphatic heterocycles. The molecule has 6 nitrogen and oxygen atoms in total. The second-order valence-electron chi connectivity index (χ2n) is 5.57. The molecule has 0 spiro atoms. The molecule has 25 heavy (non-hydrogen) atoms. The zero-order chi connectivity index (χ0) is 17.8. The minimum atomic E-state index is -0.738. The van der Waals surface area contributed by atoms with Crippen LogP contribution in [0.5, 0.6) is 11.5 Å². The van der Waals surface area contributed by atoms with E-state index in [1.807, 2.05) is 30.3 Å². The molecule has 0 saturated heterocycles. The Labute approximate surface area is 145 Å². The van der Waals surface area contributed by atoms with Crippen molar-refractivity contribution >= 4 is 22.7 Å². The number of nitrogens with two attached hydrogens (primary N) is 4. The summed E-state index contributed by atoms with van der Waals surface area (Å²) in [6, 6.07) is 19.6. The maximum atomic E-state index is 5.99. The first-order chi connectivity index (χ1) is 12.0. The summed E-state index contributed by atoms with van der Waals surface area (Å²) < 4.78 is 12.0. The molecule has 8 N–H and O–H groups in total. The van der Waals surface area contributed by atoms with Gasteiger partial charge in [-0.1, -0.05) is 30.3 Å². The summed E-state index contributed by atoms with van der Waals surface area (Å²) in [5.74, 6) is 0.939. The molecule has 0 fully saturated rings. The lowest BCUT2D eigenvalue weighted by molar-refractivity contribution is 0.00503. The minimum Gasteiger partial charge on any atom is -0.448 e. The molecule has 6 heteroatoms. The van der Waals surface area contributed by atoms with Gasteiger partial charge in [0.25, 0.3) is 6.29 Å². The van der Waals surface area contributed by atoms with Gasteiger partial charge in [0.1, 0.15) is 11.5 Å². The van der Waals surface area contributed by atoms with Crippen molar-refractivity contribution in [2.24, 2.45) is 0 Å². The van der Waals surface area contributed by atoms with Crippen molar-refractivity contribution in [2.45, 2.75) is 6.29 Å². The van der Waals surface area contributed by atoms with Gasteiger partial charge in [-0.2, -0.15) is 0 Å². The SMILES string of the molecule is Nc1ccc(OC(Oc2ccc(N)cc2N)c2ccccc2)c(N)c1. The number of hydrogen-bond acceptors (Lipinski definition) is 6. The highest BCUT2D eigenvalue weighted by molar-refractivity contribution is 5.61. The Morgan fingerprint density at radius 1 is 0.600 bits per heavy atom. The molecule has 0 aliphatic rings. The van der Waals surface area contributed by atoms with Crippen LogP contribution in [0, 0.1) is 0 Å². The number of hydrogen-bond donors (Lipinski definition) is 4. The van der Waals surface area contributed by atoms with E-state index in [1.54, 1.807) is 36.4 Å². The van der Waals surface area contributed by atoms with Crippen molar-refractivity contribution in [3.05, 3.63) is 72.3 Å². The molecule has 0 radical (unpaired) electrons. The molecule has 0 amide bonds.